The number of nitrogens with one attached hydrogen (secondary N) is 1. The predicted molar refractivity (Wildman–Crippen MR) is 216 cm³/mol. The van der Waals surface area contributed by atoms with E-state index in [0.717, 1.165) is 37.8 Å². The number of hydrogen-bond donors (Lipinski definition) is 2. The largest absolute Gasteiger partial charge is 0.469 e. The van der Waals surface area contributed by atoms with E-state index in [2.05, 4.69) is 15.2 Å². The molecule has 0 aliphatic carbocycles. The summed E-state index contributed by atoms with van der Waals surface area (Å²) in [5.74, 6) is -2.25. The molecule has 1 aliphatic rings. The summed E-state index contributed by atoms with van der Waals surface area (Å²) in [5.41, 5.74) is 7.00. The average molecular weight is 784 g/mol. The molecule has 1 fully saturated rings. The number of rotatable bonds is 20. The number of ketones is 1. The zero-order valence-electron chi connectivity index (χ0n) is 34.7. The van der Waals surface area contributed by atoms with Crippen molar-refractivity contribution in [2.75, 3.05) is 33.0 Å². The smallest absolute Gasteiger partial charge is 0.308 e. The maximum absolute atomic E-state index is 14.6. The van der Waals surface area contributed by atoms with Crippen LogP contribution < -0.4 is 11.1 Å². The number of aromatic nitrogens is 1. The molecular weight excluding hydrogens is 719 g/mol. The summed E-state index contributed by atoms with van der Waals surface area (Å²) in [6.45, 7) is 16.5. The summed E-state index contributed by atoms with van der Waals surface area (Å²) >= 11 is 1.21. The van der Waals surface area contributed by atoms with Gasteiger partial charge < -0.3 is 25.4 Å². The van der Waals surface area contributed by atoms with Gasteiger partial charge in [0, 0.05) is 55.4 Å². The molecular formula is C42H65N5O7S. The molecule has 13 heteroatoms. The van der Waals surface area contributed by atoms with Crippen LogP contribution >= 0.6 is 11.3 Å². The molecule has 2 amide bonds. The first-order valence-electron chi connectivity index (χ1n) is 19.9. The van der Waals surface area contributed by atoms with E-state index in [9.17, 15) is 24.0 Å². The van der Waals surface area contributed by atoms with Crippen LogP contribution in [0.1, 0.15) is 127 Å². The quantitative estimate of drug-likeness (QED) is 0.110. The molecule has 306 valence electrons. The highest BCUT2D eigenvalue weighted by Gasteiger charge is 2.43. The summed E-state index contributed by atoms with van der Waals surface area (Å²) in [5, 5.41) is 5.12. The minimum atomic E-state index is -0.818. The van der Waals surface area contributed by atoms with Crippen LogP contribution in [0.2, 0.25) is 0 Å². The number of benzene rings is 1. The maximum atomic E-state index is 14.6. The number of piperidine rings is 1. The summed E-state index contributed by atoms with van der Waals surface area (Å²) in [4.78, 5) is 75.7. The van der Waals surface area contributed by atoms with E-state index < -0.39 is 41.4 Å². The number of hydrogen-bond acceptors (Lipinski definition) is 11. The Labute approximate surface area is 332 Å². The van der Waals surface area contributed by atoms with E-state index >= 15 is 0 Å². The predicted octanol–water partition coefficient (Wildman–Crippen LogP) is 6.63. The summed E-state index contributed by atoms with van der Waals surface area (Å²) in [6, 6.07) is 6.59. The maximum Gasteiger partial charge on any atom is 0.308 e. The second-order valence-corrected chi connectivity index (χ2v) is 16.8. The number of nitrogens with two attached hydrogens (primary N) is 1. The van der Waals surface area contributed by atoms with Crippen LogP contribution in [0.25, 0.3) is 0 Å². The number of likely N-dealkylation sites (N-methyl/N-ethyl adjacent to an activating group) is 1. The van der Waals surface area contributed by atoms with Gasteiger partial charge in [-0.15, -0.1) is 11.3 Å². The molecule has 0 bridgehead atoms. The van der Waals surface area contributed by atoms with Crippen LogP contribution in [0.3, 0.4) is 0 Å². The van der Waals surface area contributed by atoms with E-state index in [1.807, 2.05) is 65.6 Å². The van der Waals surface area contributed by atoms with Gasteiger partial charge >= 0.3 is 11.9 Å². The molecule has 2 heterocycles. The van der Waals surface area contributed by atoms with Crippen molar-refractivity contribution in [2.45, 2.75) is 130 Å². The molecule has 0 spiro atoms. The van der Waals surface area contributed by atoms with E-state index in [1.54, 1.807) is 24.4 Å². The van der Waals surface area contributed by atoms with Crippen LogP contribution in [-0.2, 0) is 35.1 Å². The number of nitrogens with zero attached hydrogens (tertiary/aromatic N) is 3. The second-order valence-electron chi connectivity index (χ2n) is 15.9. The highest BCUT2D eigenvalue weighted by atomic mass is 32.1. The van der Waals surface area contributed by atoms with Gasteiger partial charge in [0.25, 0.3) is 5.91 Å². The average Bonchev–Trinajstić information content (AvgIpc) is 3.65. The Morgan fingerprint density at radius 2 is 1.73 bits per heavy atom. The third kappa shape index (κ3) is 12.3. The van der Waals surface area contributed by atoms with Gasteiger partial charge in [0.05, 0.1) is 18.6 Å². The van der Waals surface area contributed by atoms with Gasteiger partial charge in [-0.3, -0.25) is 28.9 Å². The zero-order chi connectivity index (χ0) is 41.0. The Kier molecular flexibility index (Phi) is 17.3. The summed E-state index contributed by atoms with van der Waals surface area (Å²) < 4.78 is 10.8. The van der Waals surface area contributed by atoms with Crippen LogP contribution in [0.4, 0.5) is 5.69 Å². The first kappa shape index (κ1) is 45.5. The highest BCUT2D eigenvalue weighted by Crippen LogP contribution is 2.35. The van der Waals surface area contributed by atoms with Gasteiger partial charge in [-0.25, -0.2) is 4.98 Å². The monoisotopic (exact) mass is 783 g/mol. The summed E-state index contributed by atoms with van der Waals surface area (Å²) in [7, 11) is 3.34. The minimum Gasteiger partial charge on any atom is -0.469 e. The van der Waals surface area contributed by atoms with Gasteiger partial charge in [-0.05, 0) is 89.1 Å². The number of carbonyl (C=O) groups excluding carboxylic acids is 5. The van der Waals surface area contributed by atoms with Crippen molar-refractivity contribution in [1.82, 2.24) is 20.1 Å². The number of likely N-dealkylation sites (tertiary alicyclic amines) is 1. The zero-order valence-corrected chi connectivity index (χ0v) is 35.5. The van der Waals surface area contributed by atoms with Crippen molar-refractivity contribution < 1.29 is 33.4 Å². The van der Waals surface area contributed by atoms with Crippen molar-refractivity contribution in [1.29, 1.82) is 0 Å². The number of Topliss-reactive ketones (excluding diaryl/α,β-unsaturated/α-hetero) is 1. The number of thiazole rings is 1. The number of amides is 2. The lowest BCUT2D eigenvalue weighted by Gasteiger charge is -2.43. The van der Waals surface area contributed by atoms with Crippen LogP contribution in [0.15, 0.2) is 29.6 Å². The Morgan fingerprint density at radius 1 is 1.05 bits per heavy atom. The van der Waals surface area contributed by atoms with Gasteiger partial charge in [0.15, 0.2) is 11.9 Å². The van der Waals surface area contributed by atoms with Gasteiger partial charge in [-0.2, -0.15) is 0 Å². The SMILES string of the molecule is CC[C@H](C)[C@H](CC(=O)[C@@]1(C)CCCCN1C)C(=O)N(CC)[C@H](C[C@@H](OC(C)=O)c1nc(C(=O)N[C@@H](Cc2ccc(N)cc2)C[C@H](C)C(=O)OC)cs1)C(C)C. The highest BCUT2D eigenvalue weighted by molar-refractivity contribution is 7.09. The van der Waals surface area contributed by atoms with E-state index in [0.29, 0.717) is 30.1 Å². The van der Waals surface area contributed by atoms with Crippen LogP contribution in [-0.4, -0.2) is 89.2 Å². The second kappa shape index (κ2) is 20.9. The fourth-order valence-corrected chi connectivity index (χ4v) is 8.48. The first-order valence-corrected chi connectivity index (χ1v) is 20.7. The molecule has 3 rings (SSSR count). The van der Waals surface area contributed by atoms with E-state index in [4.69, 9.17) is 15.2 Å². The molecule has 1 aromatic carbocycles. The lowest BCUT2D eigenvalue weighted by Crippen LogP contribution is -2.55. The Morgan fingerprint density at radius 3 is 2.29 bits per heavy atom. The number of carbonyl (C=O) groups is 5. The number of anilines is 1. The number of ether oxygens (including phenoxy) is 2. The lowest BCUT2D eigenvalue weighted by molar-refractivity contribution is -0.150. The van der Waals surface area contributed by atoms with Gasteiger partial charge in [0.1, 0.15) is 10.7 Å². The van der Waals surface area contributed by atoms with Crippen molar-refractivity contribution in [2.24, 2.45) is 23.7 Å². The molecule has 12 nitrogen and oxygen atoms in total. The molecule has 2 aromatic rings. The van der Waals surface area contributed by atoms with Gasteiger partial charge in [-0.1, -0.05) is 53.2 Å². The van der Waals surface area contributed by atoms with Crippen LogP contribution in [0, 0.1) is 23.7 Å². The fraction of sp³-hybridized carbons (Fsp3) is 0.667. The number of nitrogen functional groups attached to an aromatic ring is 1. The Balaban J connectivity index is 1.87. The van der Waals surface area contributed by atoms with Crippen molar-refractivity contribution >= 4 is 46.6 Å². The van der Waals surface area contributed by atoms with E-state index in [1.165, 1.54) is 25.4 Å². The molecule has 1 aromatic heterocycles. The number of methoxy groups -OCH3 is 1. The van der Waals surface area contributed by atoms with Crippen molar-refractivity contribution in [3.05, 3.63) is 45.9 Å². The molecule has 1 saturated heterocycles. The number of esters is 2. The molecule has 3 N–H and O–H groups in total. The molecule has 7 atom stereocenters. The lowest BCUT2D eigenvalue weighted by atomic mass is 9.77. The third-order valence-corrected chi connectivity index (χ3v) is 12.5. The van der Waals surface area contributed by atoms with Crippen molar-refractivity contribution in [3.8, 4) is 0 Å². The summed E-state index contributed by atoms with van der Waals surface area (Å²) in [6.07, 6.45) is 4.00. The first-order chi connectivity index (χ1) is 25.9. The van der Waals surface area contributed by atoms with Crippen molar-refractivity contribution in [3.63, 3.8) is 0 Å². The molecule has 0 unspecified atom stereocenters. The Hall–Kier alpha value is -3.84. The van der Waals surface area contributed by atoms with E-state index in [-0.39, 0.29) is 54.1 Å². The topological polar surface area (TPSA) is 161 Å². The molecule has 55 heavy (non-hydrogen) atoms. The minimum absolute atomic E-state index is 0.0143. The standard InChI is InChI=1S/C42H65N5O7S/c1-11-27(5)33(23-37(49)42(8)19-13-14-20-46(42)9)40(51)47(12-2)35(26(3)4)24-36(54-29(7)48)39-45-34(25-55-39)38(50)44-32(21-28(6)41(52)53-10)22-30-15-17-31(43)18-16-30/h15-18,25-28,32-33,35-36H,11-14,19-24,43H2,1-10H3,(H,44,50)/t27-,28-,32+,33-,35+,36+,42+/m0/s1. The molecule has 0 saturated carbocycles. The normalized spacial score (nSPS) is 19.4. The molecule has 0 radical (unpaired) electrons. The van der Waals surface area contributed by atoms with Gasteiger partial charge in [0.2, 0.25) is 5.91 Å². The molecule has 1 aliphatic heterocycles. The Bertz CT molecular complexity index is 1600. The third-order valence-electron chi connectivity index (χ3n) is 11.5. The van der Waals surface area contributed by atoms with Crippen LogP contribution in [0.5, 0.6) is 0 Å². The fourth-order valence-electron chi connectivity index (χ4n) is 7.64.